The van der Waals surface area contributed by atoms with Gasteiger partial charge >= 0.3 is 0 Å². The highest BCUT2D eigenvalue weighted by Crippen LogP contribution is 2.32. The van der Waals surface area contributed by atoms with E-state index in [0.717, 1.165) is 16.6 Å². The lowest BCUT2D eigenvalue weighted by atomic mass is 10.1. The van der Waals surface area contributed by atoms with Crippen LogP contribution in [0, 0.1) is 19.8 Å². The third kappa shape index (κ3) is 2.99. The maximum absolute atomic E-state index is 5.82. The first kappa shape index (κ1) is 12.8. The van der Waals surface area contributed by atoms with Crippen molar-refractivity contribution in [1.82, 2.24) is 10.2 Å². The van der Waals surface area contributed by atoms with Crippen LogP contribution in [0.4, 0.5) is 0 Å². The van der Waals surface area contributed by atoms with Crippen molar-refractivity contribution < 1.29 is 0 Å². The molecule has 1 fully saturated rings. The molecule has 4 heteroatoms. The molecule has 94 valence electrons. The van der Waals surface area contributed by atoms with Gasteiger partial charge in [0.25, 0.3) is 0 Å². The molecule has 0 atom stereocenters. The topological polar surface area (TPSA) is 51.8 Å². The van der Waals surface area contributed by atoms with Crippen molar-refractivity contribution in [2.45, 2.75) is 51.1 Å². The Labute approximate surface area is 108 Å². The SMILES string of the molecule is Cc1nnc(SCC2CCCC2)c(CN)c1C. The normalized spacial score (nSPS) is 16.6. The largest absolute Gasteiger partial charge is 0.326 e. The van der Waals surface area contributed by atoms with E-state index in [1.54, 1.807) is 0 Å². The highest BCUT2D eigenvalue weighted by atomic mass is 32.2. The minimum atomic E-state index is 0.565. The summed E-state index contributed by atoms with van der Waals surface area (Å²) in [5.74, 6) is 2.04. The van der Waals surface area contributed by atoms with Gasteiger partial charge in [-0.2, -0.15) is 5.10 Å². The number of aromatic nitrogens is 2. The van der Waals surface area contributed by atoms with Gasteiger partial charge in [0.05, 0.1) is 5.69 Å². The Balaban J connectivity index is 2.06. The maximum atomic E-state index is 5.82. The molecule has 2 N–H and O–H groups in total. The van der Waals surface area contributed by atoms with Crippen molar-refractivity contribution in [2.75, 3.05) is 5.75 Å². The lowest BCUT2D eigenvalue weighted by Gasteiger charge is -2.12. The number of thioether (sulfide) groups is 1. The minimum Gasteiger partial charge on any atom is -0.326 e. The van der Waals surface area contributed by atoms with E-state index in [9.17, 15) is 0 Å². The first-order valence-corrected chi connectivity index (χ1v) is 7.36. The van der Waals surface area contributed by atoms with Crippen LogP contribution in [-0.2, 0) is 6.54 Å². The average molecular weight is 251 g/mol. The molecule has 0 aliphatic heterocycles. The highest BCUT2D eigenvalue weighted by molar-refractivity contribution is 7.99. The fourth-order valence-electron chi connectivity index (χ4n) is 2.36. The van der Waals surface area contributed by atoms with Gasteiger partial charge in [-0.25, -0.2) is 0 Å². The van der Waals surface area contributed by atoms with E-state index < -0.39 is 0 Å². The van der Waals surface area contributed by atoms with Crippen LogP contribution in [0.15, 0.2) is 5.03 Å². The smallest absolute Gasteiger partial charge is 0.124 e. The first-order chi connectivity index (χ1) is 8.22. The van der Waals surface area contributed by atoms with E-state index in [4.69, 9.17) is 5.73 Å². The lowest BCUT2D eigenvalue weighted by molar-refractivity contribution is 0.622. The molecule has 0 spiro atoms. The molecule has 0 amide bonds. The van der Waals surface area contributed by atoms with Crippen molar-refractivity contribution in [3.8, 4) is 0 Å². The summed E-state index contributed by atoms with van der Waals surface area (Å²) >= 11 is 1.84. The Morgan fingerprint density at radius 2 is 1.94 bits per heavy atom. The molecule has 1 aliphatic rings. The number of rotatable bonds is 4. The van der Waals surface area contributed by atoms with Gasteiger partial charge in [0.15, 0.2) is 0 Å². The average Bonchev–Trinajstić information content (AvgIpc) is 2.83. The number of nitrogens with two attached hydrogens (primary N) is 1. The summed E-state index contributed by atoms with van der Waals surface area (Å²) in [6.45, 7) is 4.65. The zero-order valence-corrected chi connectivity index (χ0v) is 11.5. The van der Waals surface area contributed by atoms with Crippen molar-refractivity contribution in [3.63, 3.8) is 0 Å². The van der Waals surface area contributed by atoms with Crippen molar-refractivity contribution >= 4 is 11.8 Å². The number of hydrogen-bond donors (Lipinski definition) is 1. The Morgan fingerprint density at radius 1 is 1.24 bits per heavy atom. The number of nitrogens with zero attached hydrogens (tertiary/aromatic N) is 2. The number of hydrogen-bond acceptors (Lipinski definition) is 4. The van der Waals surface area contributed by atoms with Gasteiger partial charge in [-0.15, -0.1) is 16.9 Å². The summed E-state index contributed by atoms with van der Waals surface area (Å²) < 4.78 is 0. The molecule has 1 aromatic rings. The number of aryl methyl sites for hydroxylation is 1. The van der Waals surface area contributed by atoms with Crippen LogP contribution in [0.5, 0.6) is 0 Å². The predicted octanol–water partition coefficient (Wildman–Crippen LogP) is 2.83. The second-order valence-electron chi connectivity index (χ2n) is 4.86. The Hall–Kier alpha value is -0.610. The standard InChI is InChI=1S/C13H21N3S/c1-9-10(2)15-16-13(12(9)7-14)17-8-11-5-3-4-6-11/h11H,3-8,14H2,1-2H3. The zero-order valence-electron chi connectivity index (χ0n) is 10.7. The Morgan fingerprint density at radius 3 is 2.59 bits per heavy atom. The fourth-order valence-corrected chi connectivity index (χ4v) is 3.60. The van der Waals surface area contributed by atoms with Crippen molar-refractivity contribution in [3.05, 3.63) is 16.8 Å². The van der Waals surface area contributed by atoms with Gasteiger partial charge in [0.1, 0.15) is 5.03 Å². The summed E-state index contributed by atoms with van der Waals surface area (Å²) in [5, 5.41) is 9.55. The maximum Gasteiger partial charge on any atom is 0.124 e. The van der Waals surface area contributed by atoms with Crippen LogP contribution in [0.1, 0.15) is 42.5 Å². The van der Waals surface area contributed by atoms with E-state index in [-0.39, 0.29) is 0 Å². The van der Waals surface area contributed by atoms with Crippen LogP contribution in [0.3, 0.4) is 0 Å². The second kappa shape index (κ2) is 5.83. The monoisotopic (exact) mass is 251 g/mol. The zero-order chi connectivity index (χ0) is 12.3. The summed E-state index contributed by atoms with van der Waals surface area (Å²) in [7, 11) is 0. The molecular weight excluding hydrogens is 230 g/mol. The summed E-state index contributed by atoms with van der Waals surface area (Å²) in [5.41, 5.74) is 9.21. The molecule has 1 saturated carbocycles. The molecule has 1 heterocycles. The van der Waals surface area contributed by atoms with Gasteiger partial charge in [-0.3, -0.25) is 0 Å². The highest BCUT2D eigenvalue weighted by Gasteiger charge is 2.17. The van der Waals surface area contributed by atoms with Crippen molar-refractivity contribution in [1.29, 1.82) is 0 Å². The quantitative estimate of drug-likeness (QED) is 0.836. The van der Waals surface area contributed by atoms with Gasteiger partial charge in [-0.05, 0) is 38.2 Å². The van der Waals surface area contributed by atoms with Crippen LogP contribution in [0.2, 0.25) is 0 Å². The minimum absolute atomic E-state index is 0.565. The second-order valence-corrected chi connectivity index (χ2v) is 5.87. The predicted molar refractivity (Wildman–Crippen MR) is 72.1 cm³/mol. The van der Waals surface area contributed by atoms with E-state index >= 15 is 0 Å². The molecule has 3 nitrogen and oxygen atoms in total. The summed E-state index contributed by atoms with van der Waals surface area (Å²) in [4.78, 5) is 0. The lowest BCUT2D eigenvalue weighted by Crippen LogP contribution is -2.08. The van der Waals surface area contributed by atoms with Gasteiger partial charge in [-0.1, -0.05) is 12.8 Å². The molecule has 1 aliphatic carbocycles. The van der Waals surface area contributed by atoms with Crippen LogP contribution < -0.4 is 5.73 Å². The van der Waals surface area contributed by atoms with Crippen LogP contribution in [-0.4, -0.2) is 16.0 Å². The van der Waals surface area contributed by atoms with Crippen molar-refractivity contribution in [2.24, 2.45) is 11.7 Å². The molecule has 0 radical (unpaired) electrons. The summed E-state index contributed by atoms with van der Waals surface area (Å²) in [6.07, 6.45) is 5.55. The fraction of sp³-hybridized carbons (Fsp3) is 0.692. The van der Waals surface area contributed by atoms with E-state index in [1.807, 2.05) is 18.7 Å². The molecule has 1 aromatic heterocycles. The summed E-state index contributed by atoms with van der Waals surface area (Å²) in [6, 6.07) is 0. The molecule has 0 bridgehead atoms. The van der Waals surface area contributed by atoms with Gasteiger partial charge in [0.2, 0.25) is 0 Å². The van der Waals surface area contributed by atoms with E-state index in [2.05, 4.69) is 17.1 Å². The molecular formula is C13H21N3S. The third-order valence-corrected chi connectivity index (χ3v) is 4.92. The van der Waals surface area contributed by atoms with Gasteiger partial charge in [0, 0.05) is 17.9 Å². The van der Waals surface area contributed by atoms with E-state index in [1.165, 1.54) is 42.6 Å². The first-order valence-electron chi connectivity index (χ1n) is 6.38. The Kier molecular flexibility index (Phi) is 4.40. The van der Waals surface area contributed by atoms with Crippen LogP contribution in [0.25, 0.3) is 0 Å². The molecule has 0 unspecified atom stereocenters. The molecule has 2 rings (SSSR count). The van der Waals surface area contributed by atoms with Crippen LogP contribution >= 0.6 is 11.8 Å². The third-order valence-electron chi connectivity index (χ3n) is 3.68. The molecule has 0 aromatic carbocycles. The van der Waals surface area contributed by atoms with Gasteiger partial charge < -0.3 is 5.73 Å². The molecule has 0 saturated heterocycles. The molecule has 17 heavy (non-hydrogen) atoms. The van der Waals surface area contributed by atoms with E-state index in [0.29, 0.717) is 6.54 Å². The Bertz CT molecular complexity index is 386.